The Hall–Kier alpha value is -2.63. The average Bonchev–Trinajstić information content (AvgIpc) is 2.58. The standard InChI is InChI=1S/C18H20FNO4/c1-10-14(17(21)23-4)16(12-7-6-8-13(19)9-12)15(18(22)24-5)11(2)20(10)3/h6-9,16H,1-5H3. The van der Waals surface area contributed by atoms with Crippen LogP contribution in [0.5, 0.6) is 0 Å². The molecule has 0 atom stereocenters. The van der Waals surface area contributed by atoms with Gasteiger partial charge in [0, 0.05) is 18.4 Å². The van der Waals surface area contributed by atoms with E-state index in [2.05, 4.69) is 0 Å². The number of hydrogen-bond acceptors (Lipinski definition) is 5. The van der Waals surface area contributed by atoms with Gasteiger partial charge in [-0.05, 0) is 31.5 Å². The van der Waals surface area contributed by atoms with E-state index in [0.29, 0.717) is 17.0 Å². The van der Waals surface area contributed by atoms with Gasteiger partial charge in [-0.1, -0.05) is 12.1 Å². The van der Waals surface area contributed by atoms with Gasteiger partial charge in [0.15, 0.2) is 0 Å². The fourth-order valence-corrected chi connectivity index (χ4v) is 2.95. The summed E-state index contributed by atoms with van der Waals surface area (Å²) < 4.78 is 23.5. The Balaban J connectivity index is 2.77. The van der Waals surface area contributed by atoms with Crippen molar-refractivity contribution in [1.29, 1.82) is 0 Å². The zero-order valence-electron chi connectivity index (χ0n) is 14.3. The lowest BCUT2D eigenvalue weighted by molar-refractivity contribution is -0.137. The molecule has 0 radical (unpaired) electrons. The van der Waals surface area contributed by atoms with Crippen LogP contribution >= 0.6 is 0 Å². The van der Waals surface area contributed by atoms with Crippen LogP contribution in [0.3, 0.4) is 0 Å². The highest BCUT2D eigenvalue weighted by molar-refractivity contribution is 5.99. The fourth-order valence-electron chi connectivity index (χ4n) is 2.95. The minimum Gasteiger partial charge on any atom is -0.466 e. The topological polar surface area (TPSA) is 55.8 Å². The first kappa shape index (κ1) is 17.7. The third-order valence-corrected chi connectivity index (χ3v) is 4.36. The minimum atomic E-state index is -0.753. The quantitative estimate of drug-likeness (QED) is 0.796. The third-order valence-electron chi connectivity index (χ3n) is 4.36. The smallest absolute Gasteiger partial charge is 0.336 e. The summed E-state index contributed by atoms with van der Waals surface area (Å²) in [6.07, 6.45) is 0. The van der Waals surface area contributed by atoms with E-state index in [-0.39, 0.29) is 11.1 Å². The summed E-state index contributed by atoms with van der Waals surface area (Å²) in [5.74, 6) is -2.34. The lowest BCUT2D eigenvalue weighted by atomic mass is 9.80. The molecular weight excluding hydrogens is 313 g/mol. The van der Waals surface area contributed by atoms with Crippen molar-refractivity contribution in [2.45, 2.75) is 19.8 Å². The van der Waals surface area contributed by atoms with Gasteiger partial charge >= 0.3 is 11.9 Å². The van der Waals surface area contributed by atoms with Crippen LogP contribution in [0.15, 0.2) is 46.8 Å². The Kier molecular flexibility index (Phi) is 5.07. The van der Waals surface area contributed by atoms with Crippen molar-refractivity contribution in [3.05, 3.63) is 58.2 Å². The minimum absolute atomic E-state index is 0.289. The Morgan fingerprint density at radius 3 is 1.96 bits per heavy atom. The number of halogens is 1. The zero-order valence-corrected chi connectivity index (χ0v) is 14.3. The predicted octanol–water partition coefficient (Wildman–Crippen LogP) is 2.75. The molecule has 0 unspecified atom stereocenters. The number of allylic oxidation sites excluding steroid dienone is 2. The number of benzene rings is 1. The summed E-state index contributed by atoms with van der Waals surface area (Å²) in [5.41, 5.74) is 2.35. The van der Waals surface area contributed by atoms with Gasteiger partial charge < -0.3 is 14.4 Å². The van der Waals surface area contributed by atoms with Crippen LogP contribution in [0.1, 0.15) is 25.3 Å². The third kappa shape index (κ3) is 2.91. The van der Waals surface area contributed by atoms with Gasteiger partial charge in [0.2, 0.25) is 0 Å². The molecule has 6 heteroatoms. The molecule has 2 rings (SSSR count). The second-order valence-electron chi connectivity index (χ2n) is 5.53. The Morgan fingerprint density at radius 1 is 1.04 bits per heavy atom. The number of hydrogen-bond donors (Lipinski definition) is 0. The van der Waals surface area contributed by atoms with E-state index >= 15 is 0 Å². The number of ether oxygens (including phenoxy) is 2. The van der Waals surface area contributed by atoms with Gasteiger partial charge in [0.05, 0.1) is 31.3 Å². The van der Waals surface area contributed by atoms with Crippen molar-refractivity contribution in [2.75, 3.05) is 21.3 Å². The summed E-state index contributed by atoms with van der Waals surface area (Å²) >= 11 is 0. The molecule has 0 fully saturated rings. The molecule has 0 saturated carbocycles. The van der Waals surface area contributed by atoms with E-state index in [9.17, 15) is 14.0 Å². The lowest BCUT2D eigenvalue weighted by Gasteiger charge is -2.35. The Morgan fingerprint density at radius 2 is 1.54 bits per heavy atom. The van der Waals surface area contributed by atoms with Gasteiger partial charge in [0.25, 0.3) is 0 Å². The molecule has 0 saturated heterocycles. The van der Waals surface area contributed by atoms with Gasteiger partial charge in [-0.25, -0.2) is 14.0 Å². The van der Waals surface area contributed by atoms with Crippen LogP contribution in [0.25, 0.3) is 0 Å². The SMILES string of the molecule is COC(=O)C1=C(C)N(C)C(C)=C(C(=O)OC)C1c1cccc(F)c1. The molecule has 24 heavy (non-hydrogen) atoms. The van der Waals surface area contributed by atoms with Crippen LogP contribution < -0.4 is 0 Å². The van der Waals surface area contributed by atoms with Crippen LogP contribution in [0, 0.1) is 5.82 Å². The van der Waals surface area contributed by atoms with E-state index in [4.69, 9.17) is 9.47 Å². The molecule has 1 heterocycles. The first-order valence-corrected chi connectivity index (χ1v) is 7.40. The summed E-state index contributed by atoms with van der Waals surface area (Å²) in [6, 6.07) is 5.83. The van der Waals surface area contributed by atoms with Crippen molar-refractivity contribution in [1.82, 2.24) is 4.90 Å². The van der Waals surface area contributed by atoms with Gasteiger partial charge in [0.1, 0.15) is 5.82 Å². The first-order valence-electron chi connectivity index (χ1n) is 7.40. The second-order valence-corrected chi connectivity index (χ2v) is 5.53. The molecule has 0 N–H and O–H groups in total. The van der Waals surface area contributed by atoms with Gasteiger partial charge in [-0.2, -0.15) is 0 Å². The second kappa shape index (κ2) is 6.86. The van der Waals surface area contributed by atoms with E-state index in [0.717, 1.165) is 0 Å². The summed E-state index contributed by atoms with van der Waals surface area (Å²) in [4.78, 5) is 26.5. The molecular formula is C18H20FNO4. The van der Waals surface area contributed by atoms with E-state index in [1.54, 1.807) is 31.9 Å². The van der Waals surface area contributed by atoms with Crippen molar-refractivity contribution < 1.29 is 23.5 Å². The largest absolute Gasteiger partial charge is 0.466 e. The molecule has 1 aliphatic heterocycles. The zero-order chi connectivity index (χ0) is 18.0. The normalized spacial score (nSPS) is 15.7. The number of carbonyl (C=O) groups is 2. The van der Waals surface area contributed by atoms with Crippen LogP contribution in [-0.2, 0) is 19.1 Å². The van der Waals surface area contributed by atoms with E-state index in [1.165, 1.54) is 32.4 Å². The number of rotatable bonds is 3. The lowest BCUT2D eigenvalue weighted by Crippen LogP contribution is -2.33. The molecule has 5 nitrogen and oxygen atoms in total. The number of esters is 2. The van der Waals surface area contributed by atoms with Crippen molar-refractivity contribution in [3.8, 4) is 0 Å². The summed E-state index contributed by atoms with van der Waals surface area (Å²) in [5, 5.41) is 0. The maximum absolute atomic E-state index is 13.7. The monoisotopic (exact) mass is 333 g/mol. The molecule has 128 valence electrons. The highest BCUT2D eigenvalue weighted by atomic mass is 19.1. The highest BCUT2D eigenvalue weighted by Crippen LogP contribution is 2.42. The first-order chi connectivity index (χ1) is 11.3. The van der Waals surface area contributed by atoms with Crippen molar-refractivity contribution in [2.24, 2.45) is 0 Å². The number of methoxy groups -OCH3 is 2. The maximum atomic E-state index is 13.7. The number of nitrogens with zero attached hydrogens (tertiary/aromatic N) is 1. The molecule has 0 aromatic heterocycles. The molecule has 1 aromatic rings. The highest BCUT2D eigenvalue weighted by Gasteiger charge is 2.39. The number of carbonyl (C=O) groups excluding carboxylic acids is 2. The summed E-state index contributed by atoms with van der Waals surface area (Å²) in [7, 11) is 4.29. The average molecular weight is 333 g/mol. The van der Waals surface area contributed by atoms with Gasteiger partial charge in [-0.15, -0.1) is 0 Å². The molecule has 0 bridgehead atoms. The Labute approximate surface area is 140 Å². The molecule has 1 aromatic carbocycles. The van der Waals surface area contributed by atoms with Crippen LogP contribution in [0.2, 0.25) is 0 Å². The fraction of sp³-hybridized carbons (Fsp3) is 0.333. The molecule has 0 amide bonds. The molecule has 1 aliphatic rings. The van der Waals surface area contributed by atoms with E-state index < -0.39 is 23.7 Å². The molecule has 0 spiro atoms. The molecule has 0 aliphatic carbocycles. The summed E-state index contributed by atoms with van der Waals surface area (Å²) in [6.45, 7) is 3.52. The maximum Gasteiger partial charge on any atom is 0.336 e. The van der Waals surface area contributed by atoms with Crippen molar-refractivity contribution in [3.63, 3.8) is 0 Å². The van der Waals surface area contributed by atoms with Crippen LogP contribution in [-0.4, -0.2) is 38.1 Å². The van der Waals surface area contributed by atoms with Gasteiger partial charge in [-0.3, -0.25) is 0 Å². The Bertz CT molecular complexity index is 711. The predicted molar refractivity (Wildman–Crippen MR) is 86.3 cm³/mol. The van der Waals surface area contributed by atoms with Crippen LogP contribution in [0.4, 0.5) is 4.39 Å². The van der Waals surface area contributed by atoms with Crippen molar-refractivity contribution >= 4 is 11.9 Å². The van der Waals surface area contributed by atoms with E-state index in [1.807, 2.05) is 0 Å².